The molecule has 3 aromatic rings. The van der Waals surface area contributed by atoms with Gasteiger partial charge in [0.25, 0.3) is 5.56 Å². The van der Waals surface area contributed by atoms with E-state index in [1.807, 2.05) is 36.4 Å². The van der Waals surface area contributed by atoms with Crippen molar-refractivity contribution in [3.63, 3.8) is 0 Å². The molecule has 0 amide bonds. The number of azo groups is 1. The Labute approximate surface area is 167 Å². The number of aromatic amines is 1. The Morgan fingerprint density at radius 2 is 1.69 bits per heavy atom. The summed E-state index contributed by atoms with van der Waals surface area (Å²) in [7, 11) is 0. The third-order valence-electron chi connectivity index (χ3n) is 4.58. The van der Waals surface area contributed by atoms with E-state index in [0.29, 0.717) is 17.1 Å². The van der Waals surface area contributed by atoms with Crippen molar-refractivity contribution < 1.29 is 14.6 Å². The second-order valence-corrected chi connectivity index (χ2v) is 7.16. The molecule has 2 heterocycles. The van der Waals surface area contributed by atoms with Crippen LogP contribution in [-0.2, 0) is 9.47 Å². The van der Waals surface area contributed by atoms with Crippen LogP contribution < -0.4 is 5.56 Å². The Morgan fingerprint density at radius 1 is 1.03 bits per heavy atom. The van der Waals surface area contributed by atoms with Crippen LogP contribution in [0, 0.1) is 0 Å². The van der Waals surface area contributed by atoms with Crippen LogP contribution in [0.1, 0.15) is 25.6 Å². The summed E-state index contributed by atoms with van der Waals surface area (Å²) in [5, 5.41) is 21.3. The molecule has 8 heteroatoms. The SMILES string of the molecule is CC1(C)O[C@@H](CO)[C@@H](c2[nH]n(-c3ccccc3)c(=O)c2N=Nc2ccccc2)O1. The summed E-state index contributed by atoms with van der Waals surface area (Å²) in [4.78, 5) is 13.1. The minimum atomic E-state index is -0.905. The molecule has 1 saturated heterocycles. The molecular formula is C21H22N4O4. The molecule has 1 aliphatic heterocycles. The van der Waals surface area contributed by atoms with Crippen molar-refractivity contribution >= 4 is 11.4 Å². The van der Waals surface area contributed by atoms with Gasteiger partial charge in [-0.15, -0.1) is 5.11 Å². The molecule has 2 aromatic carbocycles. The van der Waals surface area contributed by atoms with Gasteiger partial charge in [-0.25, -0.2) is 4.68 Å². The number of aromatic nitrogens is 2. The van der Waals surface area contributed by atoms with Gasteiger partial charge in [0.15, 0.2) is 11.5 Å². The van der Waals surface area contributed by atoms with Crippen molar-refractivity contribution in [1.82, 2.24) is 9.78 Å². The maximum Gasteiger partial charge on any atom is 0.299 e. The van der Waals surface area contributed by atoms with Crippen LogP contribution >= 0.6 is 0 Å². The van der Waals surface area contributed by atoms with E-state index in [0.717, 1.165) is 0 Å². The minimum Gasteiger partial charge on any atom is -0.394 e. The zero-order chi connectivity index (χ0) is 20.4. The fourth-order valence-electron chi connectivity index (χ4n) is 3.32. The van der Waals surface area contributed by atoms with Crippen LogP contribution in [0.2, 0.25) is 0 Å². The largest absolute Gasteiger partial charge is 0.394 e. The molecule has 1 fully saturated rings. The highest BCUT2D eigenvalue weighted by Gasteiger charge is 2.44. The molecule has 0 aliphatic carbocycles. The number of ether oxygens (including phenoxy) is 2. The molecule has 0 unspecified atom stereocenters. The van der Waals surface area contributed by atoms with Gasteiger partial charge < -0.3 is 14.6 Å². The maximum atomic E-state index is 13.1. The lowest BCUT2D eigenvalue weighted by Crippen LogP contribution is -2.23. The van der Waals surface area contributed by atoms with E-state index in [9.17, 15) is 9.90 Å². The van der Waals surface area contributed by atoms with Gasteiger partial charge >= 0.3 is 0 Å². The molecule has 0 spiro atoms. The first-order chi connectivity index (χ1) is 14.0. The summed E-state index contributed by atoms with van der Waals surface area (Å²) < 4.78 is 13.1. The average Bonchev–Trinajstić information content (AvgIpc) is 3.23. The zero-order valence-electron chi connectivity index (χ0n) is 16.1. The number of nitrogens with one attached hydrogen (secondary N) is 1. The van der Waals surface area contributed by atoms with E-state index < -0.39 is 18.0 Å². The molecule has 150 valence electrons. The number of aliphatic hydroxyl groups is 1. The molecule has 0 saturated carbocycles. The number of rotatable bonds is 5. The van der Waals surface area contributed by atoms with Crippen molar-refractivity contribution in [2.24, 2.45) is 10.2 Å². The third-order valence-corrected chi connectivity index (χ3v) is 4.58. The van der Waals surface area contributed by atoms with Crippen molar-refractivity contribution in [2.75, 3.05) is 6.61 Å². The fourth-order valence-corrected chi connectivity index (χ4v) is 3.32. The van der Waals surface area contributed by atoms with Crippen molar-refractivity contribution in [3.05, 3.63) is 76.7 Å². The molecule has 2 atom stereocenters. The van der Waals surface area contributed by atoms with Crippen LogP contribution in [-0.4, -0.2) is 33.4 Å². The van der Waals surface area contributed by atoms with E-state index >= 15 is 0 Å². The molecule has 8 nitrogen and oxygen atoms in total. The summed E-state index contributed by atoms with van der Waals surface area (Å²) in [6.07, 6.45) is -1.34. The number of H-pyrrole nitrogens is 1. The number of hydrogen-bond donors (Lipinski definition) is 2. The lowest BCUT2D eigenvalue weighted by Gasteiger charge is -2.16. The van der Waals surface area contributed by atoms with Crippen LogP contribution in [0.5, 0.6) is 0 Å². The Kier molecular flexibility index (Phi) is 5.14. The third kappa shape index (κ3) is 3.91. The van der Waals surface area contributed by atoms with Gasteiger partial charge in [-0.2, -0.15) is 5.11 Å². The molecule has 1 aromatic heterocycles. The lowest BCUT2D eigenvalue weighted by atomic mass is 10.1. The summed E-state index contributed by atoms with van der Waals surface area (Å²) >= 11 is 0. The van der Waals surface area contributed by atoms with E-state index in [1.165, 1.54) is 4.68 Å². The summed E-state index contributed by atoms with van der Waals surface area (Å²) in [6, 6.07) is 18.3. The summed E-state index contributed by atoms with van der Waals surface area (Å²) in [6.45, 7) is 3.25. The summed E-state index contributed by atoms with van der Waals surface area (Å²) in [5.41, 5.74) is 1.42. The molecule has 29 heavy (non-hydrogen) atoms. The monoisotopic (exact) mass is 394 g/mol. The predicted octanol–water partition coefficient (Wildman–Crippen LogP) is 3.77. The summed E-state index contributed by atoms with van der Waals surface area (Å²) in [5.74, 6) is -0.905. The molecule has 4 rings (SSSR count). The molecule has 0 radical (unpaired) electrons. The van der Waals surface area contributed by atoms with E-state index in [2.05, 4.69) is 15.3 Å². The standard InChI is InChI=1S/C21H22N4O4/c1-21(2)28-16(13-26)19(29-21)17-18(23-22-14-9-5-3-6-10-14)20(27)25(24-17)15-11-7-4-8-12-15/h3-12,16,19,24,26H,13H2,1-2H3/t16-,19-/m0/s1. The maximum absolute atomic E-state index is 13.1. The average molecular weight is 394 g/mol. The van der Waals surface area contributed by atoms with Crippen LogP contribution in [0.15, 0.2) is 75.7 Å². The van der Waals surface area contributed by atoms with E-state index in [-0.39, 0.29) is 17.9 Å². The highest BCUT2D eigenvalue weighted by molar-refractivity contribution is 5.46. The number of nitrogens with zero attached hydrogens (tertiary/aromatic N) is 3. The Morgan fingerprint density at radius 3 is 2.34 bits per heavy atom. The Hall–Kier alpha value is -3.07. The fraction of sp³-hybridized carbons (Fsp3) is 0.286. The number of para-hydroxylation sites is 1. The smallest absolute Gasteiger partial charge is 0.299 e. The van der Waals surface area contributed by atoms with Gasteiger partial charge in [0.1, 0.15) is 12.2 Å². The zero-order valence-corrected chi connectivity index (χ0v) is 16.1. The molecule has 2 N–H and O–H groups in total. The van der Waals surface area contributed by atoms with Crippen molar-refractivity contribution in [2.45, 2.75) is 31.8 Å². The van der Waals surface area contributed by atoms with E-state index in [1.54, 1.807) is 38.1 Å². The first kappa shape index (κ1) is 19.3. The van der Waals surface area contributed by atoms with Crippen molar-refractivity contribution in [1.29, 1.82) is 0 Å². The van der Waals surface area contributed by atoms with Gasteiger partial charge in [-0.3, -0.25) is 9.89 Å². The second-order valence-electron chi connectivity index (χ2n) is 7.16. The molecule has 1 aliphatic rings. The van der Waals surface area contributed by atoms with Crippen LogP contribution in [0.25, 0.3) is 5.69 Å². The van der Waals surface area contributed by atoms with Crippen LogP contribution in [0.3, 0.4) is 0 Å². The lowest BCUT2D eigenvalue weighted by molar-refractivity contribution is -0.149. The quantitative estimate of drug-likeness (QED) is 0.643. The van der Waals surface area contributed by atoms with Gasteiger partial charge in [0.2, 0.25) is 0 Å². The Bertz CT molecular complexity index is 1060. The topological polar surface area (TPSA) is 101 Å². The minimum absolute atomic E-state index is 0.113. The van der Waals surface area contributed by atoms with Gasteiger partial charge in [-0.05, 0) is 38.1 Å². The van der Waals surface area contributed by atoms with Gasteiger partial charge in [-0.1, -0.05) is 36.4 Å². The van der Waals surface area contributed by atoms with Crippen molar-refractivity contribution in [3.8, 4) is 5.69 Å². The number of benzene rings is 2. The normalized spacial score (nSPS) is 21.1. The molecule has 0 bridgehead atoms. The van der Waals surface area contributed by atoms with Gasteiger partial charge in [0, 0.05) is 0 Å². The first-order valence-corrected chi connectivity index (χ1v) is 9.32. The highest BCUT2D eigenvalue weighted by Crippen LogP contribution is 2.40. The number of aliphatic hydroxyl groups excluding tert-OH is 1. The van der Waals surface area contributed by atoms with Gasteiger partial charge in [0.05, 0.1) is 23.7 Å². The van der Waals surface area contributed by atoms with Crippen LogP contribution in [0.4, 0.5) is 11.4 Å². The first-order valence-electron chi connectivity index (χ1n) is 9.32. The Balaban J connectivity index is 1.83. The van der Waals surface area contributed by atoms with E-state index in [4.69, 9.17) is 9.47 Å². The molecular weight excluding hydrogens is 372 g/mol. The predicted molar refractivity (Wildman–Crippen MR) is 107 cm³/mol. The number of hydrogen-bond acceptors (Lipinski definition) is 6. The second kappa shape index (κ2) is 7.75. The highest BCUT2D eigenvalue weighted by atomic mass is 16.8.